The van der Waals surface area contributed by atoms with Crippen LogP contribution >= 0.6 is 24.0 Å². The minimum Gasteiger partial charge on any atom is -0.379 e. The number of hydrogen-bond acceptors (Lipinski definition) is 4. The number of thiocarbonyl (C=S) groups is 1. The van der Waals surface area contributed by atoms with E-state index in [0.717, 1.165) is 43.7 Å². The number of rotatable bonds is 3. The van der Waals surface area contributed by atoms with Gasteiger partial charge in [0.15, 0.2) is 0 Å². The number of nitrogens with one attached hydrogen (secondary N) is 1. The van der Waals surface area contributed by atoms with Crippen LogP contribution in [0.5, 0.6) is 0 Å². The second kappa shape index (κ2) is 6.59. The van der Waals surface area contributed by atoms with E-state index < -0.39 is 0 Å². The third kappa shape index (κ3) is 4.81. The number of nitrogens with zero attached hydrogens (tertiary/aromatic N) is 1. The van der Waals surface area contributed by atoms with Gasteiger partial charge in [-0.05, 0) is 6.26 Å². The van der Waals surface area contributed by atoms with E-state index in [1.54, 1.807) is 11.8 Å². The summed E-state index contributed by atoms with van der Waals surface area (Å²) in [4.78, 5) is 2.39. The van der Waals surface area contributed by atoms with Gasteiger partial charge in [-0.1, -0.05) is 12.2 Å². The minimum atomic E-state index is 0.868. The van der Waals surface area contributed by atoms with E-state index in [4.69, 9.17) is 17.0 Å². The van der Waals surface area contributed by atoms with Gasteiger partial charge in [-0.2, -0.15) is 0 Å². The Labute approximate surface area is 89.2 Å². The van der Waals surface area contributed by atoms with Crippen molar-refractivity contribution in [3.8, 4) is 0 Å². The maximum Gasteiger partial charge on any atom is 0.133 e. The van der Waals surface area contributed by atoms with E-state index in [9.17, 15) is 0 Å². The molecule has 13 heavy (non-hydrogen) atoms. The third-order valence-electron chi connectivity index (χ3n) is 1.99. The summed E-state index contributed by atoms with van der Waals surface area (Å²) in [5.74, 6) is 0. The molecule has 0 aromatic heterocycles. The summed E-state index contributed by atoms with van der Waals surface area (Å²) in [5.41, 5.74) is 0. The highest BCUT2D eigenvalue weighted by atomic mass is 32.2. The van der Waals surface area contributed by atoms with Crippen LogP contribution in [0.4, 0.5) is 0 Å². The molecule has 1 fully saturated rings. The molecule has 1 saturated heterocycles. The summed E-state index contributed by atoms with van der Waals surface area (Å²) < 4.78 is 6.14. The Bertz CT molecular complexity index is 160. The van der Waals surface area contributed by atoms with Crippen LogP contribution in [-0.2, 0) is 4.74 Å². The summed E-state index contributed by atoms with van der Waals surface area (Å²) in [6, 6.07) is 0. The fourth-order valence-corrected chi connectivity index (χ4v) is 1.56. The molecule has 0 atom stereocenters. The molecule has 0 aliphatic carbocycles. The van der Waals surface area contributed by atoms with E-state index in [1.807, 2.05) is 6.26 Å². The summed E-state index contributed by atoms with van der Waals surface area (Å²) in [7, 11) is 0. The Balaban J connectivity index is 2.01. The Morgan fingerprint density at radius 1 is 1.54 bits per heavy atom. The van der Waals surface area contributed by atoms with Gasteiger partial charge in [-0.3, -0.25) is 4.90 Å². The van der Waals surface area contributed by atoms with E-state index >= 15 is 0 Å². The lowest BCUT2D eigenvalue weighted by Crippen LogP contribution is -2.40. The molecule has 1 N–H and O–H groups in total. The molecule has 0 aromatic carbocycles. The van der Waals surface area contributed by atoms with Gasteiger partial charge >= 0.3 is 0 Å². The van der Waals surface area contributed by atoms with E-state index in [1.165, 1.54) is 0 Å². The first-order valence-corrected chi connectivity index (χ1v) is 6.08. The first kappa shape index (κ1) is 11.2. The monoisotopic (exact) mass is 220 g/mol. The van der Waals surface area contributed by atoms with Crippen LogP contribution in [0.1, 0.15) is 0 Å². The van der Waals surface area contributed by atoms with Crippen LogP contribution in [-0.4, -0.2) is 54.9 Å². The van der Waals surface area contributed by atoms with Crippen molar-refractivity contribution >= 4 is 28.3 Å². The van der Waals surface area contributed by atoms with Gasteiger partial charge in [-0.25, -0.2) is 0 Å². The van der Waals surface area contributed by atoms with Crippen molar-refractivity contribution in [3.63, 3.8) is 0 Å². The molecule has 76 valence electrons. The summed E-state index contributed by atoms with van der Waals surface area (Å²) in [5, 5.41) is 3.19. The minimum absolute atomic E-state index is 0.868. The Morgan fingerprint density at radius 3 is 2.85 bits per heavy atom. The Kier molecular flexibility index (Phi) is 5.70. The Morgan fingerprint density at radius 2 is 2.23 bits per heavy atom. The zero-order valence-corrected chi connectivity index (χ0v) is 9.55. The maximum atomic E-state index is 5.26. The molecule has 1 aliphatic heterocycles. The predicted molar refractivity (Wildman–Crippen MR) is 61.4 cm³/mol. The number of ether oxygens (including phenoxy) is 1. The van der Waals surface area contributed by atoms with Gasteiger partial charge in [0.1, 0.15) is 4.32 Å². The van der Waals surface area contributed by atoms with Crippen molar-refractivity contribution in [1.82, 2.24) is 10.2 Å². The molecule has 1 aliphatic rings. The quantitative estimate of drug-likeness (QED) is 0.701. The molecule has 0 spiro atoms. The number of hydrogen-bond donors (Lipinski definition) is 1. The summed E-state index contributed by atoms with van der Waals surface area (Å²) in [6.45, 7) is 5.84. The van der Waals surface area contributed by atoms with Crippen molar-refractivity contribution in [3.05, 3.63) is 0 Å². The molecule has 0 unspecified atom stereocenters. The largest absolute Gasteiger partial charge is 0.379 e. The zero-order valence-electron chi connectivity index (χ0n) is 7.91. The molecular formula is C8H16N2OS2. The highest BCUT2D eigenvalue weighted by Gasteiger charge is 2.08. The smallest absolute Gasteiger partial charge is 0.133 e. The predicted octanol–water partition coefficient (Wildman–Crippen LogP) is 0.556. The number of morpholine rings is 1. The molecule has 1 rings (SSSR count). The molecular weight excluding hydrogens is 204 g/mol. The van der Waals surface area contributed by atoms with Crippen LogP contribution < -0.4 is 5.32 Å². The number of thioether (sulfide) groups is 1. The van der Waals surface area contributed by atoms with Gasteiger partial charge in [0.05, 0.1) is 13.2 Å². The fourth-order valence-electron chi connectivity index (χ4n) is 1.21. The van der Waals surface area contributed by atoms with Gasteiger partial charge in [-0.15, -0.1) is 11.8 Å². The normalized spacial score (nSPS) is 18.5. The highest BCUT2D eigenvalue weighted by molar-refractivity contribution is 8.22. The van der Waals surface area contributed by atoms with Gasteiger partial charge < -0.3 is 10.1 Å². The lowest BCUT2D eigenvalue weighted by atomic mass is 10.4. The standard InChI is InChI=1S/C8H16N2OS2/c1-13-8(12)9-2-3-10-4-6-11-7-5-10/h2-7H2,1H3,(H,9,12). The van der Waals surface area contributed by atoms with Crippen molar-refractivity contribution in [1.29, 1.82) is 0 Å². The maximum absolute atomic E-state index is 5.26. The van der Waals surface area contributed by atoms with Gasteiger partial charge in [0.25, 0.3) is 0 Å². The first-order chi connectivity index (χ1) is 6.33. The summed E-state index contributed by atoms with van der Waals surface area (Å²) >= 11 is 6.62. The van der Waals surface area contributed by atoms with Crippen molar-refractivity contribution in [2.75, 3.05) is 45.6 Å². The topological polar surface area (TPSA) is 24.5 Å². The molecule has 0 radical (unpaired) electrons. The molecule has 0 saturated carbocycles. The van der Waals surface area contributed by atoms with E-state index in [0.29, 0.717) is 0 Å². The first-order valence-electron chi connectivity index (χ1n) is 4.45. The molecule has 1 heterocycles. The lowest BCUT2D eigenvalue weighted by Gasteiger charge is -2.26. The van der Waals surface area contributed by atoms with E-state index in [2.05, 4.69) is 10.2 Å². The fraction of sp³-hybridized carbons (Fsp3) is 0.875. The molecule has 0 bridgehead atoms. The van der Waals surface area contributed by atoms with Crippen LogP contribution in [0.3, 0.4) is 0 Å². The van der Waals surface area contributed by atoms with Crippen molar-refractivity contribution < 1.29 is 4.74 Å². The zero-order chi connectivity index (χ0) is 9.52. The Hall–Kier alpha value is 0.160. The van der Waals surface area contributed by atoms with Crippen LogP contribution in [0.15, 0.2) is 0 Å². The second-order valence-corrected chi connectivity index (χ2v) is 4.36. The molecule has 3 nitrogen and oxygen atoms in total. The van der Waals surface area contributed by atoms with Gasteiger partial charge in [0.2, 0.25) is 0 Å². The van der Waals surface area contributed by atoms with Gasteiger partial charge in [0, 0.05) is 26.2 Å². The molecule has 0 amide bonds. The average molecular weight is 220 g/mol. The van der Waals surface area contributed by atoms with Crippen LogP contribution in [0, 0.1) is 0 Å². The highest BCUT2D eigenvalue weighted by Crippen LogP contribution is 1.96. The molecule has 5 heteroatoms. The molecule has 0 aromatic rings. The van der Waals surface area contributed by atoms with Crippen molar-refractivity contribution in [2.24, 2.45) is 0 Å². The van der Waals surface area contributed by atoms with Crippen molar-refractivity contribution in [2.45, 2.75) is 0 Å². The van der Waals surface area contributed by atoms with Crippen LogP contribution in [0.25, 0.3) is 0 Å². The second-order valence-electron chi connectivity index (χ2n) is 2.87. The summed E-state index contributed by atoms with van der Waals surface area (Å²) in [6.07, 6.45) is 1.99. The third-order valence-corrected chi connectivity index (χ3v) is 3.15. The van der Waals surface area contributed by atoms with Crippen LogP contribution in [0.2, 0.25) is 0 Å². The van der Waals surface area contributed by atoms with E-state index in [-0.39, 0.29) is 0 Å². The SMILES string of the molecule is CSC(=S)NCCN1CCOCC1. The lowest BCUT2D eigenvalue weighted by molar-refractivity contribution is 0.0389. The average Bonchev–Trinajstić information content (AvgIpc) is 2.19.